The number of rotatable bonds is 5. The molecular weight excluding hydrogens is 208 g/mol. The molecule has 0 saturated heterocycles. The number of hydrogen-bond acceptors (Lipinski definition) is 4. The van der Waals surface area contributed by atoms with Gasteiger partial charge in [0.2, 0.25) is 5.91 Å². The maximum absolute atomic E-state index is 10.9. The second kappa shape index (κ2) is 7.19. The summed E-state index contributed by atoms with van der Waals surface area (Å²) in [6, 6.07) is -0.557. The first-order valence-corrected chi connectivity index (χ1v) is 5.03. The van der Waals surface area contributed by atoms with Crippen molar-refractivity contribution in [3.63, 3.8) is 0 Å². The number of aliphatic carboxylic acids is 1. The molecule has 0 rings (SSSR count). The van der Waals surface area contributed by atoms with Crippen LogP contribution in [0.25, 0.3) is 0 Å². The van der Waals surface area contributed by atoms with E-state index in [0.717, 1.165) is 11.8 Å². The topological polar surface area (TPSA) is 95.5 Å². The van der Waals surface area contributed by atoms with Crippen molar-refractivity contribution in [1.29, 1.82) is 0 Å². The van der Waals surface area contributed by atoms with Crippen LogP contribution in [0.1, 0.15) is 6.42 Å². The van der Waals surface area contributed by atoms with Gasteiger partial charge in [0, 0.05) is 19.2 Å². The fourth-order valence-electron chi connectivity index (χ4n) is 0.576. The Bertz CT molecular complexity index is 232. The average molecular weight is 220 g/mol. The summed E-state index contributed by atoms with van der Waals surface area (Å²) in [6.07, 6.45) is 0.130. The molecule has 80 valence electrons. The van der Waals surface area contributed by atoms with E-state index in [1.54, 1.807) is 0 Å². The molecule has 0 aliphatic carbocycles. The van der Waals surface area contributed by atoms with E-state index >= 15 is 0 Å². The third kappa shape index (κ3) is 7.41. The highest BCUT2D eigenvalue weighted by atomic mass is 32.2. The first kappa shape index (κ1) is 12.8. The molecule has 3 N–H and O–H groups in total. The van der Waals surface area contributed by atoms with Crippen LogP contribution in [0.15, 0.2) is 0 Å². The molecule has 6 nitrogen and oxygen atoms in total. The zero-order valence-electron chi connectivity index (χ0n) is 7.70. The molecule has 0 aliphatic rings. The number of amides is 3. The van der Waals surface area contributed by atoms with Gasteiger partial charge in [-0.15, -0.1) is 11.8 Å². The van der Waals surface area contributed by atoms with Gasteiger partial charge in [-0.3, -0.25) is 14.9 Å². The monoisotopic (exact) mass is 220 g/mol. The normalized spacial score (nSPS) is 9.21. The minimum absolute atomic E-state index is 0.0345. The second-order valence-corrected chi connectivity index (χ2v) is 3.43. The van der Waals surface area contributed by atoms with Gasteiger partial charge < -0.3 is 10.4 Å². The minimum atomic E-state index is -0.915. The van der Waals surface area contributed by atoms with Gasteiger partial charge in [-0.2, -0.15) is 0 Å². The van der Waals surface area contributed by atoms with Gasteiger partial charge in [-0.05, 0) is 0 Å². The highest BCUT2D eigenvalue weighted by molar-refractivity contribution is 7.99. The molecule has 0 radical (unpaired) electrons. The Morgan fingerprint density at radius 3 is 2.50 bits per heavy atom. The van der Waals surface area contributed by atoms with Gasteiger partial charge in [-0.25, -0.2) is 4.79 Å². The van der Waals surface area contributed by atoms with E-state index in [4.69, 9.17) is 5.11 Å². The number of carbonyl (C=O) groups is 3. The predicted octanol–water partition coefficient (Wildman–Crippen LogP) is -0.350. The summed E-state index contributed by atoms with van der Waals surface area (Å²) in [5.74, 6) is -0.980. The van der Waals surface area contributed by atoms with Gasteiger partial charge >= 0.3 is 12.0 Å². The summed E-state index contributed by atoms with van der Waals surface area (Å²) in [4.78, 5) is 31.6. The molecule has 0 bridgehead atoms. The fraction of sp³-hybridized carbons (Fsp3) is 0.571. The Balaban J connectivity index is 3.45. The fourth-order valence-corrected chi connectivity index (χ4v) is 1.22. The first-order valence-electron chi connectivity index (χ1n) is 3.87. The number of carboxylic acids is 1. The quantitative estimate of drug-likeness (QED) is 0.550. The van der Waals surface area contributed by atoms with Crippen molar-refractivity contribution >= 4 is 29.7 Å². The van der Waals surface area contributed by atoms with Crippen molar-refractivity contribution in [2.75, 3.05) is 18.6 Å². The van der Waals surface area contributed by atoms with Crippen LogP contribution in [0.3, 0.4) is 0 Å². The van der Waals surface area contributed by atoms with Crippen LogP contribution in [0.2, 0.25) is 0 Å². The van der Waals surface area contributed by atoms with Gasteiger partial charge in [-0.1, -0.05) is 0 Å². The van der Waals surface area contributed by atoms with Crippen LogP contribution in [0.4, 0.5) is 4.79 Å². The second-order valence-electron chi connectivity index (χ2n) is 2.32. The summed E-state index contributed by atoms with van der Waals surface area (Å²) in [5, 5.41) is 12.6. The highest BCUT2D eigenvalue weighted by Crippen LogP contribution is 2.01. The van der Waals surface area contributed by atoms with Crippen LogP contribution in [0, 0.1) is 0 Å². The lowest BCUT2D eigenvalue weighted by molar-refractivity contribution is -0.134. The molecule has 0 saturated carbocycles. The number of nitrogens with one attached hydrogen (secondary N) is 2. The number of thioether (sulfide) groups is 1. The molecule has 0 heterocycles. The van der Waals surface area contributed by atoms with Crippen molar-refractivity contribution < 1.29 is 19.5 Å². The molecule has 0 atom stereocenters. The molecular formula is C7H12N2O4S. The van der Waals surface area contributed by atoms with Crippen LogP contribution in [0.5, 0.6) is 0 Å². The highest BCUT2D eigenvalue weighted by Gasteiger charge is 2.05. The molecule has 0 aliphatic heterocycles. The first-order chi connectivity index (χ1) is 6.56. The predicted molar refractivity (Wildman–Crippen MR) is 52.2 cm³/mol. The zero-order chi connectivity index (χ0) is 11.0. The third-order valence-electron chi connectivity index (χ3n) is 1.18. The van der Waals surface area contributed by atoms with Crippen molar-refractivity contribution in [2.45, 2.75) is 6.42 Å². The minimum Gasteiger partial charge on any atom is -0.481 e. The van der Waals surface area contributed by atoms with Crippen molar-refractivity contribution in [2.24, 2.45) is 0 Å². The summed E-state index contributed by atoms with van der Waals surface area (Å²) in [7, 11) is 1.40. The average Bonchev–Trinajstić information content (AvgIpc) is 2.12. The Morgan fingerprint density at radius 1 is 1.36 bits per heavy atom. The smallest absolute Gasteiger partial charge is 0.321 e. The number of carboxylic acid groups (broad SMARTS) is 1. The lowest BCUT2D eigenvalue weighted by Gasteiger charge is -2.01. The van der Waals surface area contributed by atoms with Crippen LogP contribution < -0.4 is 10.6 Å². The molecule has 14 heavy (non-hydrogen) atoms. The van der Waals surface area contributed by atoms with Gasteiger partial charge in [0.1, 0.15) is 0 Å². The molecule has 3 amide bonds. The van der Waals surface area contributed by atoms with E-state index in [1.165, 1.54) is 7.05 Å². The summed E-state index contributed by atoms with van der Waals surface area (Å²) in [5.41, 5.74) is 0. The van der Waals surface area contributed by atoms with Gasteiger partial charge in [0.15, 0.2) is 0 Å². The van der Waals surface area contributed by atoms with Crippen LogP contribution in [-0.4, -0.2) is 41.6 Å². The Hall–Kier alpha value is -1.24. The lowest BCUT2D eigenvalue weighted by atomic mass is 10.4. The van der Waals surface area contributed by atoms with Crippen molar-refractivity contribution in [1.82, 2.24) is 10.6 Å². The Morgan fingerprint density at radius 2 is 2.00 bits per heavy atom. The number of hydrogen-bond donors (Lipinski definition) is 3. The van der Waals surface area contributed by atoms with Crippen molar-refractivity contribution in [3.05, 3.63) is 0 Å². The van der Waals surface area contributed by atoms with Crippen LogP contribution >= 0.6 is 11.8 Å². The summed E-state index contributed by atoms with van der Waals surface area (Å²) in [6.45, 7) is 0. The maximum Gasteiger partial charge on any atom is 0.321 e. The van der Waals surface area contributed by atoms with E-state index in [9.17, 15) is 14.4 Å². The number of urea groups is 1. The van der Waals surface area contributed by atoms with E-state index in [-0.39, 0.29) is 12.2 Å². The summed E-state index contributed by atoms with van der Waals surface area (Å²) < 4.78 is 0. The molecule has 0 fully saturated rings. The Kier molecular flexibility index (Phi) is 6.55. The lowest BCUT2D eigenvalue weighted by Crippen LogP contribution is -2.37. The van der Waals surface area contributed by atoms with E-state index < -0.39 is 17.9 Å². The van der Waals surface area contributed by atoms with Crippen molar-refractivity contribution in [3.8, 4) is 0 Å². The van der Waals surface area contributed by atoms with E-state index in [2.05, 4.69) is 10.6 Å². The third-order valence-corrected chi connectivity index (χ3v) is 2.12. The largest absolute Gasteiger partial charge is 0.481 e. The molecule has 0 aromatic carbocycles. The molecule has 0 unspecified atom stereocenters. The molecule has 0 spiro atoms. The maximum atomic E-state index is 10.9. The zero-order valence-corrected chi connectivity index (χ0v) is 8.52. The van der Waals surface area contributed by atoms with Crippen LogP contribution in [-0.2, 0) is 9.59 Å². The van der Waals surface area contributed by atoms with E-state index in [0.29, 0.717) is 5.75 Å². The van der Waals surface area contributed by atoms with Gasteiger partial charge in [0.25, 0.3) is 0 Å². The van der Waals surface area contributed by atoms with E-state index in [1.807, 2.05) is 0 Å². The summed E-state index contributed by atoms with van der Waals surface area (Å²) >= 11 is 1.13. The van der Waals surface area contributed by atoms with Gasteiger partial charge in [0.05, 0.1) is 5.75 Å². The Labute approximate surface area is 85.4 Å². The standard InChI is InChI=1S/C7H12N2O4S/c1-8-7(13)9-5(10)2-3-14-4-6(11)12/h2-4H2,1H3,(H,11,12)(H2,8,9,10,13). The number of imide groups is 1. The molecule has 0 aromatic rings. The number of carbonyl (C=O) groups excluding carboxylic acids is 2. The SMILES string of the molecule is CNC(=O)NC(=O)CCSCC(=O)O. The molecule has 7 heteroatoms. The molecule has 0 aromatic heterocycles.